The summed E-state index contributed by atoms with van der Waals surface area (Å²) in [5.74, 6) is 0. The number of ether oxygens (including phenoxy) is 1. The van der Waals surface area contributed by atoms with Crippen molar-refractivity contribution in [3.63, 3.8) is 0 Å². The summed E-state index contributed by atoms with van der Waals surface area (Å²) in [7, 11) is 6.11. The highest BCUT2D eigenvalue weighted by molar-refractivity contribution is 4.16. The molecule has 0 aromatic rings. The zero-order chi connectivity index (χ0) is 8.74. The molecule has 0 N–H and O–H groups in total. The van der Waals surface area contributed by atoms with Crippen LogP contribution in [-0.2, 0) is 19.2 Å². The van der Waals surface area contributed by atoms with Crippen LogP contribution in [-0.4, -0.2) is 46.6 Å². The van der Waals surface area contributed by atoms with E-state index in [0.717, 1.165) is 0 Å². The molecule has 0 unspecified atom stereocenters. The van der Waals surface area contributed by atoms with Crippen molar-refractivity contribution in [2.45, 2.75) is 0 Å². The van der Waals surface area contributed by atoms with Gasteiger partial charge in [-0.05, 0) is 0 Å². The smallest absolute Gasteiger partial charge is 0.201 e. The van der Waals surface area contributed by atoms with Gasteiger partial charge < -0.3 is 4.74 Å². The first kappa shape index (κ1) is 10.8. The molecule has 0 aliphatic carbocycles. The molecule has 0 aromatic heterocycles. The third kappa shape index (κ3) is 3.13. The van der Waals surface area contributed by atoms with Crippen LogP contribution in [0.4, 0.5) is 0 Å². The number of rotatable bonds is 6. The zero-order valence-electron chi connectivity index (χ0n) is 7.49. The number of hydrogen-bond donors (Lipinski definition) is 0. The minimum absolute atomic E-state index is 0.312. The lowest BCUT2D eigenvalue weighted by Gasteiger charge is -2.24. The van der Waals surface area contributed by atoms with Crippen LogP contribution in [0, 0.1) is 0 Å². The van der Waals surface area contributed by atoms with Gasteiger partial charge in [0.05, 0.1) is 4.97 Å². The van der Waals surface area contributed by atoms with Gasteiger partial charge in [-0.15, -0.1) is 14.5 Å². The molecule has 0 spiro atoms. The van der Waals surface area contributed by atoms with E-state index < -0.39 is 0 Å². The van der Waals surface area contributed by atoms with Gasteiger partial charge in [-0.3, -0.25) is 0 Å². The largest absolute Gasteiger partial charge is 0.378 e. The summed E-state index contributed by atoms with van der Waals surface area (Å²) >= 11 is 0. The third-order valence-electron chi connectivity index (χ3n) is 1.40. The van der Waals surface area contributed by atoms with Gasteiger partial charge >= 0.3 is 0 Å². The van der Waals surface area contributed by atoms with Gasteiger partial charge in [0.1, 0.15) is 27.9 Å². The predicted octanol–water partition coefficient (Wildman–Crippen LogP) is 0.134. The van der Waals surface area contributed by atoms with Crippen LogP contribution >= 0.6 is 0 Å². The molecule has 5 nitrogen and oxygen atoms in total. The van der Waals surface area contributed by atoms with Crippen LogP contribution in [0.5, 0.6) is 0 Å². The lowest BCUT2D eigenvalue weighted by atomic mass is 10.7. The summed E-state index contributed by atoms with van der Waals surface area (Å²) in [6, 6.07) is 0. The van der Waals surface area contributed by atoms with Crippen molar-refractivity contribution < 1.29 is 24.2 Å². The molecule has 0 fully saturated rings. The van der Waals surface area contributed by atoms with Gasteiger partial charge in [-0.2, -0.15) is 0 Å². The van der Waals surface area contributed by atoms with Gasteiger partial charge in [0, 0.05) is 7.11 Å². The molecule has 11 heavy (non-hydrogen) atoms. The van der Waals surface area contributed by atoms with Crippen LogP contribution in [0.1, 0.15) is 0 Å². The van der Waals surface area contributed by atoms with Gasteiger partial charge in [0.25, 0.3) is 0 Å². The van der Waals surface area contributed by atoms with Gasteiger partial charge in [0.15, 0.2) is 0 Å². The Morgan fingerprint density at radius 1 is 0.909 bits per heavy atom. The van der Waals surface area contributed by atoms with Crippen molar-refractivity contribution in [2.75, 3.05) is 41.6 Å². The highest BCUT2D eigenvalue weighted by atomic mass is 17.2. The Morgan fingerprint density at radius 3 is 1.64 bits per heavy atom. The van der Waals surface area contributed by atoms with E-state index in [9.17, 15) is 0 Å². The van der Waals surface area contributed by atoms with Crippen molar-refractivity contribution in [1.29, 1.82) is 0 Å². The molecule has 0 heterocycles. The average Bonchev–Trinajstić information content (AvgIpc) is 2.08. The molecule has 0 aromatic carbocycles. The van der Waals surface area contributed by atoms with Gasteiger partial charge in [-0.1, -0.05) is 0 Å². The van der Waals surface area contributed by atoms with E-state index in [1.165, 1.54) is 21.3 Å². The van der Waals surface area contributed by atoms with E-state index in [4.69, 9.17) is 19.2 Å². The molecule has 0 amide bonds. The van der Waals surface area contributed by atoms with E-state index in [-0.39, 0.29) is 4.97 Å². The van der Waals surface area contributed by atoms with Gasteiger partial charge in [0.2, 0.25) is 6.54 Å². The highest BCUT2D eigenvalue weighted by Gasteiger charge is 2.29. The van der Waals surface area contributed by atoms with E-state index in [1.54, 1.807) is 7.11 Å². The van der Waals surface area contributed by atoms with Crippen LogP contribution in [0.25, 0.3) is 0 Å². The second-order valence-electron chi connectivity index (χ2n) is 1.88. The molecule has 0 atom stereocenters. The number of hydroxylamine groups is 3. The lowest BCUT2D eigenvalue weighted by Crippen LogP contribution is -2.46. The van der Waals surface area contributed by atoms with Crippen molar-refractivity contribution in [1.82, 2.24) is 0 Å². The molecular formula is C6H16NO4+. The van der Waals surface area contributed by atoms with Crippen molar-refractivity contribution >= 4 is 0 Å². The lowest BCUT2D eigenvalue weighted by molar-refractivity contribution is -1.36. The number of methoxy groups -OCH3 is 1. The van der Waals surface area contributed by atoms with E-state index in [0.29, 0.717) is 13.2 Å². The second-order valence-corrected chi connectivity index (χ2v) is 1.88. The molecule has 0 saturated heterocycles. The normalized spacial score (nSPS) is 12.0. The van der Waals surface area contributed by atoms with Crippen molar-refractivity contribution in [3.8, 4) is 0 Å². The van der Waals surface area contributed by atoms with E-state index in [1.807, 2.05) is 0 Å². The molecule has 0 radical (unpaired) electrons. The quantitative estimate of drug-likeness (QED) is 0.415. The Hall–Kier alpha value is -0.200. The SMILES string of the molecule is COCC[N+](OC)(OC)OC. The molecule has 0 rings (SSSR count). The maximum atomic E-state index is 4.95. The van der Waals surface area contributed by atoms with Crippen LogP contribution < -0.4 is 0 Å². The maximum absolute atomic E-state index is 4.95. The topological polar surface area (TPSA) is 36.9 Å². The molecule has 0 saturated carbocycles. The highest BCUT2D eigenvalue weighted by Crippen LogP contribution is 2.06. The molecular weight excluding hydrogens is 150 g/mol. The third-order valence-corrected chi connectivity index (χ3v) is 1.40. The van der Waals surface area contributed by atoms with E-state index in [2.05, 4.69) is 0 Å². The van der Waals surface area contributed by atoms with Crippen LogP contribution in [0.15, 0.2) is 0 Å². The number of hydrogen-bond acceptors (Lipinski definition) is 4. The van der Waals surface area contributed by atoms with Gasteiger partial charge in [-0.25, -0.2) is 0 Å². The van der Waals surface area contributed by atoms with Crippen LogP contribution in [0.3, 0.4) is 0 Å². The first-order valence-corrected chi connectivity index (χ1v) is 3.29. The van der Waals surface area contributed by atoms with Crippen LogP contribution in [0.2, 0.25) is 0 Å². The first-order chi connectivity index (χ1) is 5.24. The fourth-order valence-corrected chi connectivity index (χ4v) is 0.701. The minimum atomic E-state index is -0.312. The summed E-state index contributed by atoms with van der Waals surface area (Å²) in [5.41, 5.74) is 0. The average molecular weight is 166 g/mol. The molecule has 68 valence electrons. The molecule has 5 heteroatoms. The first-order valence-electron chi connectivity index (χ1n) is 3.29. The summed E-state index contributed by atoms with van der Waals surface area (Å²) in [6.45, 7) is 0.996. The fourth-order valence-electron chi connectivity index (χ4n) is 0.701. The molecule has 0 bridgehead atoms. The molecule has 0 aliphatic heterocycles. The Labute approximate surface area is 66.9 Å². The predicted molar refractivity (Wildman–Crippen MR) is 38.0 cm³/mol. The Morgan fingerprint density at radius 2 is 1.36 bits per heavy atom. The number of quaternary nitrogens is 1. The Kier molecular flexibility index (Phi) is 5.35. The summed E-state index contributed by atoms with van der Waals surface area (Å²) < 4.78 is 4.85. The maximum Gasteiger partial charge on any atom is 0.201 e. The minimum Gasteiger partial charge on any atom is -0.378 e. The zero-order valence-corrected chi connectivity index (χ0v) is 7.49. The van der Waals surface area contributed by atoms with E-state index >= 15 is 0 Å². The van der Waals surface area contributed by atoms with Crippen molar-refractivity contribution in [3.05, 3.63) is 0 Å². The summed E-state index contributed by atoms with van der Waals surface area (Å²) in [4.78, 5) is 14.5. The second kappa shape index (κ2) is 5.45. The summed E-state index contributed by atoms with van der Waals surface area (Å²) in [5, 5.41) is 0. The Bertz CT molecular complexity index is 86.3. The summed E-state index contributed by atoms with van der Waals surface area (Å²) in [6.07, 6.45) is 0. The Balaban J connectivity index is 3.84. The number of nitrogens with zero attached hydrogens (tertiary/aromatic N) is 1. The molecule has 0 aliphatic rings. The fraction of sp³-hybridized carbons (Fsp3) is 1.00. The monoisotopic (exact) mass is 166 g/mol. The standard InChI is InChI=1S/C6H16NO4/c1-8-6-5-7(9-2,10-3)11-4/h5-6H2,1-4H3/q+1. The van der Waals surface area contributed by atoms with Crippen molar-refractivity contribution in [2.24, 2.45) is 0 Å².